The van der Waals surface area contributed by atoms with Gasteiger partial charge in [-0.15, -0.1) is 0 Å². The van der Waals surface area contributed by atoms with Crippen LogP contribution in [0.15, 0.2) is 22.7 Å². The fraction of sp³-hybridized carbons (Fsp3) is 0.250. The lowest BCUT2D eigenvalue weighted by Crippen LogP contribution is -2.07. The number of halogens is 4. The summed E-state index contributed by atoms with van der Waals surface area (Å²) in [5.41, 5.74) is 0. The van der Waals surface area contributed by atoms with Crippen molar-refractivity contribution >= 4 is 27.5 Å². The third kappa shape index (κ3) is 3.48. The van der Waals surface area contributed by atoms with Crippen molar-refractivity contribution in [3.05, 3.63) is 27.7 Å². The number of alkyl halides is 2. The van der Waals surface area contributed by atoms with E-state index in [1.54, 1.807) is 12.1 Å². The molecule has 5 heteroatoms. The van der Waals surface area contributed by atoms with Gasteiger partial charge in [-0.1, -0.05) is 11.6 Å². The second-order valence-electron chi connectivity index (χ2n) is 2.28. The molecular formula is C8H6BrClF2O. The molecule has 0 aromatic heterocycles. The van der Waals surface area contributed by atoms with Gasteiger partial charge in [0.25, 0.3) is 6.43 Å². The minimum Gasteiger partial charge on any atom is -0.486 e. The Bertz CT molecular complexity index is 293. The van der Waals surface area contributed by atoms with Crippen LogP contribution in [0.5, 0.6) is 5.75 Å². The Balaban J connectivity index is 2.70. The molecule has 0 saturated carbocycles. The summed E-state index contributed by atoms with van der Waals surface area (Å²) in [4.78, 5) is 0. The highest BCUT2D eigenvalue weighted by Crippen LogP contribution is 2.28. The largest absolute Gasteiger partial charge is 0.486 e. The molecule has 0 radical (unpaired) electrons. The van der Waals surface area contributed by atoms with Gasteiger partial charge < -0.3 is 4.74 Å². The monoisotopic (exact) mass is 270 g/mol. The first kappa shape index (κ1) is 10.7. The third-order valence-electron chi connectivity index (χ3n) is 1.26. The van der Waals surface area contributed by atoms with Crippen molar-refractivity contribution in [1.29, 1.82) is 0 Å². The molecule has 0 saturated heterocycles. The predicted octanol–water partition coefficient (Wildman–Crippen LogP) is 3.75. The maximum absolute atomic E-state index is 11.8. The molecule has 0 atom stereocenters. The first-order valence-corrected chi connectivity index (χ1v) is 4.62. The topological polar surface area (TPSA) is 9.23 Å². The molecule has 0 aliphatic rings. The lowest BCUT2D eigenvalue weighted by atomic mass is 10.3. The number of ether oxygens (including phenoxy) is 1. The minimum atomic E-state index is -2.48. The molecule has 1 nitrogen and oxygen atoms in total. The zero-order valence-electron chi connectivity index (χ0n) is 6.44. The summed E-state index contributed by atoms with van der Waals surface area (Å²) in [6.07, 6.45) is -2.48. The summed E-state index contributed by atoms with van der Waals surface area (Å²) >= 11 is 8.80. The van der Waals surface area contributed by atoms with E-state index in [-0.39, 0.29) is 0 Å². The zero-order chi connectivity index (χ0) is 9.84. The molecule has 0 bridgehead atoms. The van der Waals surface area contributed by atoms with Crippen molar-refractivity contribution in [1.82, 2.24) is 0 Å². The van der Waals surface area contributed by atoms with Gasteiger partial charge in [-0.25, -0.2) is 8.78 Å². The van der Waals surface area contributed by atoms with Crippen LogP contribution < -0.4 is 4.74 Å². The van der Waals surface area contributed by atoms with Gasteiger partial charge >= 0.3 is 0 Å². The average molecular weight is 271 g/mol. The number of rotatable bonds is 3. The molecule has 1 aromatic carbocycles. The van der Waals surface area contributed by atoms with Gasteiger partial charge in [-0.05, 0) is 34.1 Å². The van der Waals surface area contributed by atoms with E-state index in [2.05, 4.69) is 15.9 Å². The maximum Gasteiger partial charge on any atom is 0.272 e. The van der Waals surface area contributed by atoms with Crippen LogP contribution in [0, 0.1) is 0 Å². The van der Waals surface area contributed by atoms with Gasteiger partial charge in [0, 0.05) is 5.02 Å². The molecule has 0 aliphatic carbocycles. The number of hydrogen-bond donors (Lipinski definition) is 0. The SMILES string of the molecule is FC(F)COc1cc(Cl)ccc1Br. The van der Waals surface area contributed by atoms with Crippen LogP contribution in [0.4, 0.5) is 8.78 Å². The average Bonchev–Trinajstić information content (AvgIpc) is 2.06. The lowest BCUT2D eigenvalue weighted by molar-refractivity contribution is 0.0815. The van der Waals surface area contributed by atoms with Crippen molar-refractivity contribution in [2.24, 2.45) is 0 Å². The van der Waals surface area contributed by atoms with Gasteiger partial charge in [0.05, 0.1) is 4.47 Å². The summed E-state index contributed by atoms with van der Waals surface area (Å²) < 4.78 is 29.0. The van der Waals surface area contributed by atoms with Gasteiger partial charge in [-0.2, -0.15) is 0 Å². The van der Waals surface area contributed by atoms with Crippen LogP contribution in [0.2, 0.25) is 5.02 Å². The van der Waals surface area contributed by atoms with Crippen LogP contribution in [0.3, 0.4) is 0 Å². The van der Waals surface area contributed by atoms with E-state index in [9.17, 15) is 8.78 Å². The van der Waals surface area contributed by atoms with E-state index in [0.717, 1.165) is 0 Å². The Morgan fingerprint density at radius 1 is 1.46 bits per heavy atom. The molecule has 1 aromatic rings. The number of benzene rings is 1. The van der Waals surface area contributed by atoms with E-state index in [4.69, 9.17) is 16.3 Å². The van der Waals surface area contributed by atoms with Crippen LogP contribution >= 0.6 is 27.5 Å². The van der Waals surface area contributed by atoms with E-state index >= 15 is 0 Å². The molecule has 0 fully saturated rings. The Labute approximate surface area is 87.8 Å². The van der Waals surface area contributed by atoms with Gasteiger partial charge in [0.2, 0.25) is 0 Å². The minimum absolute atomic E-state index is 0.327. The highest BCUT2D eigenvalue weighted by Gasteiger charge is 2.06. The molecule has 0 heterocycles. The summed E-state index contributed by atoms with van der Waals surface area (Å²) in [6, 6.07) is 4.76. The Morgan fingerprint density at radius 3 is 2.77 bits per heavy atom. The molecule has 0 aliphatic heterocycles. The molecule has 0 N–H and O–H groups in total. The lowest BCUT2D eigenvalue weighted by Gasteiger charge is -2.07. The molecule has 0 spiro atoms. The number of hydrogen-bond acceptors (Lipinski definition) is 1. The van der Waals surface area contributed by atoms with E-state index < -0.39 is 13.0 Å². The normalized spacial score (nSPS) is 10.5. The van der Waals surface area contributed by atoms with Crippen molar-refractivity contribution in [2.75, 3.05) is 6.61 Å². The first-order valence-electron chi connectivity index (χ1n) is 3.45. The van der Waals surface area contributed by atoms with Gasteiger partial charge in [0.15, 0.2) is 0 Å². The fourth-order valence-electron chi connectivity index (χ4n) is 0.741. The maximum atomic E-state index is 11.8. The van der Waals surface area contributed by atoms with Crippen molar-refractivity contribution in [3.8, 4) is 5.75 Å². The van der Waals surface area contributed by atoms with Gasteiger partial charge in [0.1, 0.15) is 12.4 Å². The highest BCUT2D eigenvalue weighted by atomic mass is 79.9. The summed E-state index contributed by atoms with van der Waals surface area (Å²) in [5.74, 6) is 0.327. The second kappa shape index (κ2) is 4.77. The molecule has 72 valence electrons. The second-order valence-corrected chi connectivity index (χ2v) is 3.57. The van der Waals surface area contributed by atoms with Crippen LogP contribution in [-0.2, 0) is 0 Å². The van der Waals surface area contributed by atoms with Crippen LogP contribution in [-0.4, -0.2) is 13.0 Å². The quantitative estimate of drug-likeness (QED) is 0.813. The van der Waals surface area contributed by atoms with E-state index in [1.807, 2.05) is 0 Å². The van der Waals surface area contributed by atoms with Crippen molar-refractivity contribution < 1.29 is 13.5 Å². The van der Waals surface area contributed by atoms with Crippen molar-refractivity contribution in [3.63, 3.8) is 0 Å². The summed E-state index contributed by atoms with van der Waals surface area (Å²) in [6.45, 7) is -0.626. The summed E-state index contributed by atoms with van der Waals surface area (Å²) in [5, 5.41) is 0.451. The Hall–Kier alpha value is -0.350. The first-order chi connectivity index (χ1) is 6.09. The summed E-state index contributed by atoms with van der Waals surface area (Å²) in [7, 11) is 0. The highest BCUT2D eigenvalue weighted by molar-refractivity contribution is 9.10. The Morgan fingerprint density at radius 2 is 2.15 bits per heavy atom. The smallest absolute Gasteiger partial charge is 0.272 e. The fourth-order valence-corrected chi connectivity index (χ4v) is 1.26. The van der Waals surface area contributed by atoms with Gasteiger partial charge in [-0.3, -0.25) is 0 Å². The molecule has 13 heavy (non-hydrogen) atoms. The van der Waals surface area contributed by atoms with Crippen LogP contribution in [0.25, 0.3) is 0 Å². The standard InChI is InChI=1S/C8H6BrClF2O/c9-6-2-1-5(10)3-7(6)13-4-8(11)12/h1-3,8H,4H2. The molecule has 0 unspecified atom stereocenters. The molecule has 0 amide bonds. The molecular weight excluding hydrogens is 265 g/mol. The predicted molar refractivity (Wildman–Crippen MR) is 50.7 cm³/mol. The van der Waals surface area contributed by atoms with E-state index in [0.29, 0.717) is 15.2 Å². The van der Waals surface area contributed by atoms with E-state index in [1.165, 1.54) is 6.07 Å². The van der Waals surface area contributed by atoms with Crippen molar-refractivity contribution in [2.45, 2.75) is 6.43 Å². The third-order valence-corrected chi connectivity index (χ3v) is 2.15. The molecule has 1 rings (SSSR count). The van der Waals surface area contributed by atoms with Crippen LogP contribution in [0.1, 0.15) is 0 Å². The Kier molecular flexibility index (Phi) is 3.93. The zero-order valence-corrected chi connectivity index (χ0v) is 8.78.